The first-order valence-electron chi connectivity index (χ1n) is 19.0. The summed E-state index contributed by atoms with van der Waals surface area (Å²) in [5, 5.41) is 0. The summed E-state index contributed by atoms with van der Waals surface area (Å²) in [4.78, 5) is 2.56. The summed E-state index contributed by atoms with van der Waals surface area (Å²) >= 11 is 0. The number of hydrogen-bond donors (Lipinski definition) is 0. The third-order valence-electron chi connectivity index (χ3n) is 12.6. The molecule has 252 valence electrons. The summed E-state index contributed by atoms with van der Waals surface area (Å²) in [6.07, 6.45) is 6.95. The van der Waals surface area contributed by atoms with Crippen LogP contribution in [-0.2, 0) is 10.8 Å². The monoisotopic (exact) mass is 677 g/mol. The van der Waals surface area contributed by atoms with Gasteiger partial charge in [0, 0.05) is 22.2 Å². The Labute approximate surface area is 312 Å². The minimum Gasteiger partial charge on any atom is -0.309 e. The third kappa shape index (κ3) is 4.03. The average molecular weight is 678 g/mol. The summed E-state index contributed by atoms with van der Waals surface area (Å²) in [7, 11) is 0. The molecular weight excluding hydrogens is 639 g/mol. The van der Waals surface area contributed by atoms with Crippen LogP contribution in [0.2, 0.25) is 0 Å². The highest BCUT2D eigenvalue weighted by atomic mass is 15.1. The van der Waals surface area contributed by atoms with Crippen molar-refractivity contribution in [3.8, 4) is 33.4 Å². The van der Waals surface area contributed by atoms with E-state index in [0.717, 1.165) is 12.8 Å². The highest BCUT2D eigenvalue weighted by Gasteiger charge is 2.52. The van der Waals surface area contributed by atoms with E-state index in [1.165, 1.54) is 89.4 Å². The van der Waals surface area contributed by atoms with Gasteiger partial charge in [-0.05, 0) is 98.3 Å². The van der Waals surface area contributed by atoms with Crippen LogP contribution >= 0.6 is 0 Å². The van der Waals surface area contributed by atoms with Gasteiger partial charge < -0.3 is 4.90 Å². The lowest BCUT2D eigenvalue weighted by molar-refractivity contribution is 0.607. The zero-order chi connectivity index (χ0) is 35.3. The first-order valence-corrected chi connectivity index (χ1v) is 19.0. The Balaban J connectivity index is 1.22. The molecule has 4 aliphatic carbocycles. The Hall–Kier alpha value is -6.18. The largest absolute Gasteiger partial charge is 0.309 e. The van der Waals surface area contributed by atoms with Crippen molar-refractivity contribution in [3.05, 3.63) is 215 Å². The minimum atomic E-state index is -0.408. The van der Waals surface area contributed by atoms with E-state index in [1.807, 2.05) is 0 Å². The van der Waals surface area contributed by atoms with Gasteiger partial charge >= 0.3 is 0 Å². The lowest BCUT2D eigenvalue weighted by Crippen LogP contribution is -2.26. The Kier molecular flexibility index (Phi) is 6.41. The van der Waals surface area contributed by atoms with Crippen LogP contribution in [0.3, 0.4) is 0 Å². The maximum absolute atomic E-state index is 2.56. The number of allylic oxidation sites excluding steroid dienone is 4. The van der Waals surface area contributed by atoms with Gasteiger partial charge in [-0.1, -0.05) is 171 Å². The van der Waals surface area contributed by atoms with Crippen LogP contribution in [-0.4, -0.2) is 0 Å². The second kappa shape index (κ2) is 11.2. The van der Waals surface area contributed by atoms with Crippen LogP contribution in [0.1, 0.15) is 60.1 Å². The van der Waals surface area contributed by atoms with Gasteiger partial charge in [-0.15, -0.1) is 0 Å². The van der Waals surface area contributed by atoms with Gasteiger partial charge in [0.25, 0.3) is 0 Å². The maximum Gasteiger partial charge on any atom is 0.0726 e. The van der Waals surface area contributed by atoms with E-state index in [-0.39, 0.29) is 5.41 Å². The second-order valence-electron chi connectivity index (χ2n) is 15.5. The van der Waals surface area contributed by atoms with Crippen molar-refractivity contribution >= 4 is 22.6 Å². The Morgan fingerprint density at radius 3 is 1.79 bits per heavy atom. The number of anilines is 3. The second-order valence-corrected chi connectivity index (χ2v) is 15.5. The van der Waals surface area contributed by atoms with Gasteiger partial charge in [0.05, 0.1) is 16.8 Å². The minimum absolute atomic E-state index is 0.0391. The summed E-state index contributed by atoms with van der Waals surface area (Å²) < 4.78 is 0. The van der Waals surface area contributed by atoms with Crippen molar-refractivity contribution in [2.24, 2.45) is 0 Å². The van der Waals surface area contributed by atoms with E-state index >= 15 is 0 Å². The molecule has 0 heterocycles. The van der Waals surface area contributed by atoms with Gasteiger partial charge in [-0.25, -0.2) is 0 Å². The fourth-order valence-electron chi connectivity index (χ4n) is 10.4. The maximum atomic E-state index is 2.56. The number of rotatable bonds is 4. The molecule has 0 aromatic heterocycles. The van der Waals surface area contributed by atoms with Crippen LogP contribution in [0.25, 0.3) is 39.0 Å². The van der Waals surface area contributed by atoms with Gasteiger partial charge in [0.2, 0.25) is 0 Å². The highest BCUT2D eigenvalue weighted by molar-refractivity contribution is 6.02. The summed E-state index contributed by atoms with van der Waals surface area (Å²) in [6.45, 7) is 4.85. The molecule has 4 aliphatic rings. The van der Waals surface area contributed by atoms with Crippen LogP contribution in [0.4, 0.5) is 17.1 Å². The molecule has 0 atom stereocenters. The van der Waals surface area contributed by atoms with E-state index in [2.05, 4.69) is 195 Å². The van der Waals surface area contributed by atoms with Crippen molar-refractivity contribution in [1.82, 2.24) is 0 Å². The van der Waals surface area contributed by atoms with E-state index in [4.69, 9.17) is 0 Å². The molecule has 0 radical (unpaired) electrons. The third-order valence-corrected chi connectivity index (χ3v) is 12.6. The molecule has 53 heavy (non-hydrogen) atoms. The Bertz CT molecular complexity index is 2660. The lowest BCUT2D eigenvalue weighted by atomic mass is 9.70. The number of benzene rings is 7. The SMILES string of the molecule is CC1(C)C2=C(C=CCC2)c2ccc(N(c3ccccc3-c3ccccc3)c3cccc4c3-c3ccccc3C43c4ccccc4-c4ccccc43)cc21. The topological polar surface area (TPSA) is 3.24 Å². The number of nitrogens with zero attached hydrogens (tertiary/aromatic N) is 1. The molecule has 0 N–H and O–H groups in total. The first kappa shape index (κ1) is 30.4. The molecule has 0 fully saturated rings. The number of hydrogen-bond acceptors (Lipinski definition) is 1. The molecule has 0 amide bonds. The molecule has 0 saturated carbocycles. The van der Waals surface area contributed by atoms with E-state index in [9.17, 15) is 0 Å². The molecule has 0 bridgehead atoms. The predicted octanol–water partition coefficient (Wildman–Crippen LogP) is 13.6. The van der Waals surface area contributed by atoms with Crippen molar-refractivity contribution < 1.29 is 0 Å². The van der Waals surface area contributed by atoms with Crippen molar-refractivity contribution in [2.45, 2.75) is 37.5 Å². The van der Waals surface area contributed by atoms with Gasteiger partial charge in [0.1, 0.15) is 0 Å². The summed E-state index contributed by atoms with van der Waals surface area (Å²) in [5.41, 5.74) is 22.0. The number of para-hydroxylation sites is 1. The lowest BCUT2D eigenvalue weighted by Gasteiger charge is -2.33. The van der Waals surface area contributed by atoms with Crippen molar-refractivity contribution in [1.29, 1.82) is 0 Å². The van der Waals surface area contributed by atoms with Gasteiger partial charge in [-0.2, -0.15) is 0 Å². The van der Waals surface area contributed by atoms with Crippen LogP contribution < -0.4 is 4.90 Å². The predicted molar refractivity (Wildman–Crippen MR) is 221 cm³/mol. The molecule has 1 spiro atoms. The molecule has 0 saturated heterocycles. The van der Waals surface area contributed by atoms with Gasteiger partial charge in [0.15, 0.2) is 0 Å². The van der Waals surface area contributed by atoms with Crippen molar-refractivity contribution in [3.63, 3.8) is 0 Å². The molecular formula is C52H39N. The highest BCUT2D eigenvalue weighted by Crippen LogP contribution is 2.65. The van der Waals surface area contributed by atoms with E-state index < -0.39 is 5.41 Å². The zero-order valence-electron chi connectivity index (χ0n) is 30.1. The standard InChI is InChI=1S/C52H39N/c1-51(2)42-24-11-6-20-37(42)40-32-31-35(33-47(40)51)53(48-29-15-10-19-36(48)34-17-4-3-5-18-34)49-30-16-28-46-50(49)41-23-9-14-27-45(41)52(46)43-25-12-7-21-38(43)39-22-8-13-26-44(39)52/h3-10,12-23,25-33H,11,24H2,1-2H3. The smallest absolute Gasteiger partial charge is 0.0726 e. The molecule has 1 heteroatoms. The summed E-state index contributed by atoms with van der Waals surface area (Å²) in [5.74, 6) is 0. The number of fused-ring (bicyclic) bond motifs is 12. The fourth-order valence-corrected chi connectivity index (χ4v) is 10.4. The Morgan fingerprint density at radius 1 is 0.472 bits per heavy atom. The molecule has 0 unspecified atom stereocenters. The van der Waals surface area contributed by atoms with Crippen LogP contribution in [0.5, 0.6) is 0 Å². The molecule has 7 aromatic carbocycles. The normalized spacial score (nSPS) is 16.1. The van der Waals surface area contributed by atoms with E-state index in [0.29, 0.717) is 0 Å². The van der Waals surface area contributed by atoms with Crippen LogP contribution in [0, 0.1) is 0 Å². The van der Waals surface area contributed by atoms with Crippen LogP contribution in [0.15, 0.2) is 182 Å². The Morgan fingerprint density at radius 2 is 1.06 bits per heavy atom. The van der Waals surface area contributed by atoms with E-state index in [1.54, 1.807) is 5.57 Å². The first-order chi connectivity index (χ1) is 26.1. The molecule has 1 nitrogen and oxygen atoms in total. The fraction of sp³-hybridized carbons (Fsp3) is 0.115. The molecule has 0 aliphatic heterocycles. The molecule has 7 aromatic rings. The van der Waals surface area contributed by atoms with Gasteiger partial charge in [-0.3, -0.25) is 0 Å². The zero-order valence-corrected chi connectivity index (χ0v) is 30.1. The molecule has 11 rings (SSSR count). The van der Waals surface area contributed by atoms with Crippen molar-refractivity contribution in [2.75, 3.05) is 4.90 Å². The quantitative estimate of drug-likeness (QED) is 0.179. The summed E-state index contributed by atoms with van der Waals surface area (Å²) in [6, 6.07) is 61.5. The average Bonchev–Trinajstić information content (AvgIpc) is 3.78.